The monoisotopic (exact) mass is 498 g/mol. The van der Waals surface area contributed by atoms with Gasteiger partial charge in [-0.25, -0.2) is 0 Å². The number of thioether (sulfide) groups is 1. The fourth-order valence-electron chi connectivity index (χ4n) is 3.85. The van der Waals surface area contributed by atoms with Crippen molar-refractivity contribution in [3.8, 4) is 22.8 Å². The molecule has 0 aliphatic rings. The van der Waals surface area contributed by atoms with Gasteiger partial charge in [0.2, 0.25) is 11.7 Å². The molecule has 0 saturated heterocycles. The van der Waals surface area contributed by atoms with Crippen molar-refractivity contribution in [2.45, 2.75) is 38.5 Å². The van der Waals surface area contributed by atoms with Crippen LogP contribution in [-0.4, -0.2) is 35.6 Å². The van der Waals surface area contributed by atoms with Gasteiger partial charge < -0.3 is 9.26 Å². The molecule has 36 heavy (non-hydrogen) atoms. The van der Waals surface area contributed by atoms with Gasteiger partial charge in [0.25, 0.3) is 0 Å². The Bertz CT molecular complexity index is 1400. The number of hydrogen-bond acceptors (Lipinski definition) is 8. The molecule has 3 heterocycles. The molecule has 0 aliphatic carbocycles. The van der Waals surface area contributed by atoms with E-state index in [4.69, 9.17) is 9.26 Å². The Morgan fingerprint density at radius 2 is 1.69 bits per heavy atom. The first kappa shape index (κ1) is 23.7. The van der Waals surface area contributed by atoms with Gasteiger partial charge >= 0.3 is 0 Å². The third-order valence-corrected chi connectivity index (χ3v) is 6.66. The van der Waals surface area contributed by atoms with Crippen LogP contribution < -0.4 is 4.74 Å². The average molecular weight is 499 g/mol. The molecule has 0 N–H and O–H groups in total. The van der Waals surface area contributed by atoms with E-state index in [9.17, 15) is 0 Å². The van der Waals surface area contributed by atoms with Gasteiger partial charge in [-0.3, -0.25) is 9.55 Å². The zero-order valence-electron chi connectivity index (χ0n) is 20.2. The first-order valence-electron chi connectivity index (χ1n) is 11.7. The van der Waals surface area contributed by atoms with Crippen molar-refractivity contribution in [1.29, 1.82) is 0 Å². The van der Waals surface area contributed by atoms with E-state index in [2.05, 4.69) is 68.0 Å². The molecule has 0 fully saturated rings. The molecular formula is C27H26N6O2S. The summed E-state index contributed by atoms with van der Waals surface area (Å²) in [6, 6.07) is 20.0. The van der Waals surface area contributed by atoms with E-state index in [0.717, 1.165) is 51.3 Å². The maximum Gasteiger partial charge on any atom is 0.226 e. The van der Waals surface area contributed by atoms with E-state index < -0.39 is 0 Å². The molecule has 5 aromatic rings. The lowest BCUT2D eigenvalue weighted by Gasteiger charge is -2.13. The summed E-state index contributed by atoms with van der Waals surface area (Å²) in [5.41, 5.74) is 4.09. The highest BCUT2D eigenvalue weighted by molar-refractivity contribution is 7.99. The molecule has 0 unspecified atom stereocenters. The number of hydrogen-bond donors (Lipinski definition) is 0. The molecule has 3 aromatic heterocycles. The number of para-hydroxylation sites is 2. The molecule has 5 rings (SSSR count). The summed E-state index contributed by atoms with van der Waals surface area (Å²) < 4.78 is 13.7. The van der Waals surface area contributed by atoms with Gasteiger partial charge in [-0.2, -0.15) is 4.98 Å². The summed E-state index contributed by atoms with van der Waals surface area (Å²) >= 11 is 1.65. The highest BCUT2D eigenvalue weighted by Gasteiger charge is 2.16. The maximum absolute atomic E-state index is 6.19. The highest BCUT2D eigenvalue weighted by atomic mass is 32.2. The molecule has 0 atom stereocenters. The van der Waals surface area contributed by atoms with Gasteiger partial charge in [0.1, 0.15) is 12.4 Å². The maximum atomic E-state index is 6.19. The van der Waals surface area contributed by atoms with Gasteiger partial charge in [0.05, 0.1) is 0 Å². The zero-order chi connectivity index (χ0) is 24.7. The molecule has 0 amide bonds. The molecule has 2 aromatic carbocycles. The third kappa shape index (κ3) is 5.46. The molecule has 0 spiro atoms. The van der Waals surface area contributed by atoms with Crippen LogP contribution >= 0.6 is 11.8 Å². The molecule has 8 nitrogen and oxygen atoms in total. The molecule has 182 valence electrons. The van der Waals surface area contributed by atoms with E-state index in [1.165, 1.54) is 0 Å². The van der Waals surface area contributed by atoms with Crippen molar-refractivity contribution in [3.63, 3.8) is 0 Å². The molecule has 9 heteroatoms. The predicted octanol–water partition coefficient (Wildman–Crippen LogP) is 5.63. The van der Waals surface area contributed by atoms with Gasteiger partial charge in [0.15, 0.2) is 11.0 Å². The third-order valence-electron chi connectivity index (χ3n) is 5.64. The second kappa shape index (κ2) is 11.2. The quantitative estimate of drug-likeness (QED) is 0.181. The van der Waals surface area contributed by atoms with Crippen LogP contribution in [0.1, 0.15) is 29.3 Å². The van der Waals surface area contributed by atoms with Crippen molar-refractivity contribution < 1.29 is 9.26 Å². The molecule has 0 saturated carbocycles. The first-order valence-corrected chi connectivity index (χ1v) is 12.7. The minimum Gasteiger partial charge on any atom is -0.485 e. The van der Waals surface area contributed by atoms with Gasteiger partial charge in [0, 0.05) is 35.8 Å². The van der Waals surface area contributed by atoms with Crippen molar-refractivity contribution in [3.05, 3.63) is 95.9 Å². The summed E-state index contributed by atoms with van der Waals surface area (Å²) in [5.74, 6) is 3.67. The van der Waals surface area contributed by atoms with Crippen LogP contribution in [0.3, 0.4) is 0 Å². The Kier molecular flexibility index (Phi) is 7.37. The van der Waals surface area contributed by atoms with E-state index in [1.807, 2.05) is 36.4 Å². The Labute approximate surface area is 213 Å². The lowest BCUT2D eigenvalue weighted by Crippen LogP contribution is -2.07. The molecule has 0 aliphatic heterocycles. The van der Waals surface area contributed by atoms with Crippen LogP contribution in [0.4, 0.5) is 0 Å². The largest absolute Gasteiger partial charge is 0.485 e. The Hall–Kier alpha value is -3.98. The number of benzene rings is 2. The van der Waals surface area contributed by atoms with E-state index in [0.29, 0.717) is 24.7 Å². The minimum absolute atomic E-state index is 0.327. The average Bonchev–Trinajstić information content (AvgIpc) is 3.55. The summed E-state index contributed by atoms with van der Waals surface area (Å²) in [7, 11) is 0. The number of aromatic nitrogens is 6. The minimum atomic E-state index is 0.327. The Balaban J connectivity index is 1.25. The van der Waals surface area contributed by atoms with Crippen LogP contribution in [0, 0.1) is 13.8 Å². The smallest absolute Gasteiger partial charge is 0.226 e. The van der Waals surface area contributed by atoms with Crippen molar-refractivity contribution in [2.24, 2.45) is 0 Å². The lowest BCUT2D eigenvalue weighted by molar-refractivity contribution is 0.289. The second-order valence-corrected chi connectivity index (χ2v) is 9.34. The van der Waals surface area contributed by atoms with E-state index >= 15 is 0 Å². The van der Waals surface area contributed by atoms with Crippen molar-refractivity contribution in [2.75, 3.05) is 5.75 Å². The highest BCUT2D eigenvalue weighted by Crippen LogP contribution is 2.26. The fraction of sp³-hybridized carbons (Fsp3) is 0.222. The van der Waals surface area contributed by atoms with Crippen LogP contribution in [0.25, 0.3) is 17.1 Å². The number of aryl methyl sites for hydroxylation is 3. The summed E-state index contributed by atoms with van der Waals surface area (Å²) in [5, 5.41) is 13.8. The SMILES string of the molecule is Cc1cccc(C)c1OCc1nnc(SCCCc2nc(-c3ccncc3)no2)n1-c1ccccc1. The standard InChI is InChI=1S/C27H26N6O2S/c1-19-8-6-9-20(2)25(19)34-18-23-30-31-27(33(23)22-10-4-3-5-11-22)36-17-7-12-24-29-26(32-35-24)21-13-15-28-16-14-21/h3-6,8-11,13-16H,7,12,17-18H2,1-2H3. The van der Waals surface area contributed by atoms with E-state index in [-0.39, 0.29) is 0 Å². The lowest BCUT2D eigenvalue weighted by atomic mass is 10.1. The van der Waals surface area contributed by atoms with Crippen LogP contribution in [0.2, 0.25) is 0 Å². The van der Waals surface area contributed by atoms with Crippen molar-refractivity contribution >= 4 is 11.8 Å². The second-order valence-electron chi connectivity index (χ2n) is 8.28. The Morgan fingerprint density at radius 3 is 2.47 bits per heavy atom. The summed E-state index contributed by atoms with van der Waals surface area (Å²) in [4.78, 5) is 8.52. The molecule has 0 bridgehead atoms. The molecular weight excluding hydrogens is 472 g/mol. The Morgan fingerprint density at radius 1 is 0.917 bits per heavy atom. The van der Waals surface area contributed by atoms with Crippen LogP contribution in [0.5, 0.6) is 5.75 Å². The number of pyridine rings is 1. The summed E-state index contributed by atoms with van der Waals surface area (Å²) in [6.07, 6.45) is 4.98. The summed E-state index contributed by atoms with van der Waals surface area (Å²) in [6.45, 7) is 4.43. The predicted molar refractivity (Wildman–Crippen MR) is 138 cm³/mol. The van der Waals surface area contributed by atoms with Gasteiger partial charge in [-0.15, -0.1) is 10.2 Å². The fourth-order valence-corrected chi connectivity index (χ4v) is 4.76. The topological polar surface area (TPSA) is 91.8 Å². The van der Waals surface area contributed by atoms with Gasteiger partial charge in [-0.05, 0) is 55.7 Å². The van der Waals surface area contributed by atoms with Gasteiger partial charge in [-0.1, -0.05) is 53.3 Å². The number of ether oxygens (including phenoxy) is 1. The van der Waals surface area contributed by atoms with Crippen LogP contribution in [-0.2, 0) is 13.0 Å². The first-order chi connectivity index (χ1) is 17.7. The van der Waals surface area contributed by atoms with E-state index in [1.54, 1.807) is 24.2 Å². The van der Waals surface area contributed by atoms with Crippen LogP contribution in [0.15, 0.2) is 82.7 Å². The molecule has 0 radical (unpaired) electrons. The number of nitrogens with zero attached hydrogens (tertiary/aromatic N) is 6. The zero-order valence-corrected chi connectivity index (χ0v) is 21.0. The number of rotatable bonds is 10. The normalized spacial score (nSPS) is 11.1. The van der Waals surface area contributed by atoms with Crippen molar-refractivity contribution in [1.82, 2.24) is 29.9 Å².